The Morgan fingerprint density at radius 3 is 2.57 bits per heavy atom. The van der Waals surface area contributed by atoms with Crippen molar-refractivity contribution in [2.45, 2.75) is 65.0 Å². The molecule has 1 amide bonds. The summed E-state index contributed by atoms with van der Waals surface area (Å²) in [4.78, 5) is 19.8. The van der Waals surface area contributed by atoms with Gasteiger partial charge in [0.2, 0.25) is 11.8 Å². The number of likely N-dealkylation sites (tertiary alicyclic amines) is 1. The number of amides is 1. The van der Waals surface area contributed by atoms with Crippen LogP contribution in [0.5, 0.6) is 0 Å². The fourth-order valence-electron chi connectivity index (χ4n) is 4.69. The lowest BCUT2D eigenvalue weighted by Crippen LogP contribution is -2.46. The van der Waals surface area contributed by atoms with Gasteiger partial charge in [0.05, 0.1) is 5.69 Å². The van der Waals surface area contributed by atoms with Gasteiger partial charge in [-0.3, -0.25) is 9.69 Å². The minimum Gasteiger partial charge on any atom is -0.441 e. The summed E-state index contributed by atoms with van der Waals surface area (Å²) in [6.45, 7) is 6.83. The van der Waals surface area contributed by atoms with Gasteiger partial charge in [0.15, 0.2) is 0 Å². The van der Waals surface area contributed by atoms with Crippen molar-refractivity contribution in [3.63, 3.8) is 0 Å². The molecular formula is C24H32ClN3O2. The molecule has 2 heterocycles. The number of hydrogen-bond acceptors (Lipinski definition) is 4. The molecule has 1 aliphatic heterocycles. The highest BCUT2D eigenvalue weighted by atomic mass is 35.5. The van der Waals surface area contributed by atoms with Gasteiger partial charge in [-0.25, -0.2) is 4.98 Å². The second-order valence-corrected chi connectivity index (χ2v) is 9.39. The zero-order valence-corrected chi connectivity index (χ0v) is 18.8. The van der Waals surface area contributed by atoms with Crippen LogP contribution in [0.1, 0.15) is 56.9 Å². The molecule has 6 heteroatoms. The molecule has 1 saturated heterocycles. The van der Waals surface area contributed by atoms with E-state index in [1.165, 1.54) is 19.3 Å². The van der Waals surface area contributed by atoms with E-state index in [1.807, 2.05) is 31.2 Å². The zero-order chi connectivity index (χ0) is 21.1. The summed E-state index contributed by atoms with van der Waals surface area (Å²) in [5.74, 6) is 2.49. The van der Waals surface area contributed by atoms with E-state index < -0.39 is 0 Å². The number of oxazole rings is 1. The monoisotopic (exact) mass is 429 g/mol. The molecule has 0 unspecified atom stereocenters. The highest BCUT2D eigenvalue weighted by Crippen LogP contribution is 2.27. The number of nitrogens with zero attached hydrogens (tertiary/aromatic N) is 2. The molecule has 2 aromatic rings. The number of hydrogen-bond donors (Lipinski definition) is 1. The van der Waals surface area contributed by atoms with Crippen LogP contribution in [0.3, 0.4) is 0 Å². The number of piperidine rings is 1. The standard InChI is InChI=1S/C24H32ClN3O2/c1-16-5-3-4-6-21(16)26-23(29)18-11-13-28(14-12-18)15-22-17(2)30-24(27-22)19-7-9-20(25)10-8-19/h7-10,16,18,21H,3-6,11-15H2,1-2H3,(H,26,29)/t16-,21+/m0/s1. The molecule has 5 nitrogen and oxygen atoms in total. The van der Waals surface area contributed by atoms with Gasteiger partial charge < -0.3 is 9.73 Å². The molecule has 2 aliphatic rings. The van der Waals surface area contributed by atoms with E-state index in [0.717, 1.165) is 55.9 Å². The summed E-state index contributed by atoms with van der Waals surface area (Å²) in [5.41, 5.74) is 1.90. The van der Waals surface area contributed by atoms with Gasteiger partial charge in [0.25, 0.3) is 0 Å². The smallest absolute Gasteiger partial charge is 0.226 e. The molecule has 0 spiro atoms. The van der Waals surface area contributed by atoms with Crippen LogP contribution in [0.15, 0.2) is 28.7 Å². The summed E-state index contributed by atoms with van der Waals surface area (Å²) >= 11 is 5.97. The topological polar surface area (TPSA) is 58.4 Å². The first-order valence-corrected chi connectivity index (χ1v) is 11.6. The maximum atomic E-state index is 12.7. The number of carbonyl (C=O) groups is 1. The van der Waals surface area contributed by atoms with Crippen LogP contribution in [0, 0.1) is 18.8 Å². The number of aryl methyl sites for hydroxylation is 1. The molecule has 1 saturated carbocycles. The van der Waals surface area contributed by atoms with Crippen molar-refractivity contribution in [2.24, 2.45) is 11.8 Å². The number of nitrogens with one attached hydrogen (secondary N) is 1. The van der Waals surface area contributed by atoms with Crippen molar-refractivity contribution in [3.8, 4) is 11.5 Å². The third-order valence-corrected chi connectivity index (χ3v) is 7.01. The van der Waals surface area contributed by atoms with Crippen LogP contribution in [0.2, 0.25) is 5.02 Å². The van der Waals surface area contributed by atoms with Crippen molar-refractivity contribution in [1.82, 2.24) is 15.2 Å². The predicted octanol–water partition coefficient (Wildman–Crippen LogP) is 5.21. The fourth-order valence-corrected chi connectivity index (χ4v) is 4.81. The summed E-state index contributed by atoms with van der Waals surface area (Å²) in [6.07, 6.45) is 6.73. The van der Waals surface area contributed by atoms with E-state index >= 15 is 0 Å². The number of halogens is 1. The maximum absolute atomic E-state index is 12.7. The largest absolute Gasteiger partial charge is 0.441 e. The lowest BCUT2D eigenvalue weighted by Gasteiger charge is -2.34. The Labute approximate surface area is 184 Å². The summed E-state index contributed by atoms with van der Waals surface area (Å²) < 4.78 is 5.89. The van der Waals surface area contributed by atoms with Crippen LogP contribution in [-0.4, -0.2) is 34.9 Å². The molecule has 1 N–H and O–H groups in total. The van der Waals surface area contributed by atoms with Crippen LogP contribution >= 0.6 is 11.6 Å². The van der Waals surface area contributed by atoms with Crippen molar-refractivity contribution in [3.05, 3.63) is 40.7 Å². The summed E-state index contributed by atoms with van der Waals surface area (Å²) in [6, 6.07) is 7.91. The lowest BCUT2D eigenvalue weighted by atomic mass is 9.85. The van der Waals surface area contributed by atoms with E-state index in [1.54, 1.807) is 0 Å². The molecule has 2 fully saturated rings. The second-order valence-electron chi connectivity index (χ2n) is 8.96. The van der Waals surface area contributed by atoms with Gasteiger partial charge >= 0.3 is 0 Å². The molecule has 30 heavy (non-hydrogen) atoms. The third-order valence-electron chi connectivity index (χ3n) is 6.75. The zero-order valence-electron chi connectivity index (χ0n) is 18.0. The molecule has 162 valence electrons. The van der Waals surface area contributed by atoms with Gasteiger partial charge in [-0.1, -0.05) is 31.4 Å². The van der Waals surface area contributed by atoms with E-state index in [9.17, 15) is 4.79 Å². The SMILES string of the molecule is Cc1oc(-c2ccc(Cl)cc2)nc1CN1CCC(C(=O)N[C@@H]2CCCC[C@@H]2C)CC1. The minimum atomic E-state index is 0.137. The molecule has 4 rings (SSSR count). The quantitative estimate of drug-likeness (QED) is 0.708. The maximum Gasteiger partial charge on any atom is 0.226 e. The Morgan fingerprint density at radius 1 is 1.17 bits per heavy atom. The summed E-state index contributed by atoms with van der Waals surface area (Å²) in [5, 5.41) is 4.04. The van der Waals surface area contributed by atoms with Gasteiger partial charge in [-0.2, -0.15) is 0 Å². The lowest BCUT2D eigenvalue weighted by molar-refractivity contribution is -0.127. The van der Waals surface area contributed by atoms with E-state index in [-0.39, 0.29) is 11.8 Å². The second kappa shape index (κ2) is 9.52. The molecule has 1 aliphatic carbocycles. The van der Waals surface area contributed by atoms with E-state index in [2.05, 4.69) is 17.1 Å². The molecular weight excluding hydrogens is 398 g/mol. The van der Waals surface area contributed by atoms with Gasteiger partial charge in [0.1, 0.15) is 5.76 Å². The number of benzene rings is 1. The molecule has 0 bridgehead atoms. The van der Waals surface area contributed by atoms with Crippen LogP contribution in [-0.2, 0) is 11.3 Å². The molecule has 1 aromatic heterocycles. The van der Waals surface area contributed by atoms with E-state index in [0.29, 0.717) is 22.9 Å². The Hall–Kier alpha value is -1.85. The highest BCUT2D eigenvalue weighted by Gasteiger charge is 2.29. The van der Waals surface area contributed by atoms with Crippen LogP contribution < -0.4 is 5.32 Å². The highest BCUT2D eigenvalue weighted by molar-refractivity contribution is 6.30. The minimum absolute atomic E-state index is 0.137. The first-order valence-electron chi connectivity index (χ1n) is 11.2. The number of rotatable bonds is 5. The van der Waals surface area contributed by atoms with Crippen molar-refractivity contribution in [1.29, 1.82) is 0 Å². The number of carbonyl (C=O) groups excluding carboxylic acids is 1. The predicted molar refractivity (Wildman–Crippen MR) is 119 cm³/mol. The van der Waals surface area contributed by atoms with Crippen molar-refractivity contribution < 1.29 is 9.21 Å². The summed E-state index contributed by atoms with van der Waals surface area (Å²) in [7, 11) is 0. The van der Waals surface area contributed by atoms with Crippen molar-refractivity contribution >= 4 is 17.5 Å². The average Bonchev–Trinajstić information content (AvgIpc) is 3.11. The first kappa shape index (κ1) is 21.4. The Morgan fingerprint density at radius 2 is 1.87 bits per heavy atom. The Bertz CT molecular complexity index is 856. The van der Waals surface area contributed by atoms with Gasteiger partial charge in [-0.15, -0.1) is 0 Å². The van der Waals surface area contributed by atoms with Crippen LogP contribution in [0.4, 0.5) is 0 Å². The third kappa shape index (κ3) is 5.06. The molecule has 0 radical (unpaired) electrons. The number of aromatic nitrogens is 1. The van der Waals surface area contributed by atoms with Crippen LogP contribution in [0.25, 0.3) is 11.5 Å². The molecule has 2 atom stereocenters. The Kier molecular flexibility index (Phi) is 6.79. The molecule has 1 aromatic carbocycles. The van der Waals surface area contributed by atoms with Gasteiger partial charge in [-0.05, 0) is 75.9 Å². The Balaban J connectivity index is 1.29. The average molecular weight is 430 g/mol. The van der Waals surface area contributed by atoms with Crippen molar-refractivity contribution in [2.75, 3.05) is 13.1 Å². The fraction of sp³-hybridized carbons (Fsp3) is 0.583. The van der Waals surface area contributed by atoms with Gasteiger partial charge in [0, 0.05) is 29.1 Å². The first-order chi connectivity index (χ1) is 14.5. The normalized spacial score (nSPS) is 23.4. The van der Waals surface area contributed by atoms with E-state index in [4.69, 9.17) is 21.0 Å².